The molecule has 0 bridgehead atoms. The van der Waals surface area contributed by atoms with Crippen LogP contribution in [-0.4, -0.2) is 21.3 Å². The molecular formula is C48H38O3PS2+. The lowest BCUT2D eigenvalue weighted by Gasteiger charge is -2.24. The van der Waals surface area contributed by atoms with Crippen molar-refractivity contribution in [2.75, 3.05) is 21.3 Å². The van der Waals surface area contributed by atoms with Crippen molar-refractivity contribution in [1.29, 1.82) is 0 Å². The molecule has 0 fully saturated rings. The van der Waals surface area contributed by atoms with Gasteiger partial charge in [0.2, 0.25) is 5.75 Å². The van der Waals surface area contributed by atoms with Gasteiger partial charge in [0.05, 0.1) is 37.2 Å². The van der Waals surface area contributed by atoms with Gasteiger partial charge < -0.3 is 14.2 Å². The Hall–Kier alpha value is -5.45. The fraction of sp³-hybridized carbons (Fsp3) is 0.0833. The van der Waals surface area contributed by atoms with E-state index in [0.29, 0.717) is 17.2 Å². The molecule has 0 saturated carbocycles. The fourth-order valence-corrected chi connectivity index (χ4v) is 15.9. The highest BCUT2D eigenvalue weighted by Crippen LogP contribution is 2.68. The van der Waals surface area contributed by atoms with Crippen molar-refractivity contribution in [3.8, 4) is 70.1 Å². The molecule has 0 saturated heterocycles. The summed E-state index contributed by atoms with van der Waals surface area (Å²) < 4.78 is 17.5. The first-order valence-corrected chi connectivity index (χ1v) is 21.5. The van der Waals surface area contributed by atoms with E-state index in [2.05, 4.69) is 164 Å². The van der Waals surface area contributed by atoms with Gasteiger partial charge in [0.25, 0.3) is 0 Å². The Labute approximate surface area is 325 Å². The molecule has 3 nitrogen and oxygen atoms in total. The molecule has 6 aromatic carbocycles. The predicted molar refractivity (Wildman–Crippen MR) is 231 cm³/mol. The molecule has 3 heterocycles. The van der Waals surface area contributed by atoms with Crippen LogP contribution in [0.2, 0.25) is 0 Å². The topological polar surface area (TPSA) is 27.7 Å². The van der Waals surface area contributed by atoms with Crippen LogP contribution in [0, 0.1) is 0 Å². The van der Waals surface area contributed by atoms with Crippen molar-refractivity contribution < 1.29 is 14.2 Å². The number of thiophene rings is 2. The lowest BCUT2D eigenvalue weighted by Crippen LogP contribution is -2.28. The van der Waals surface area contributed by atoms with Crippen LogP contribution in [0.15, 0.2) is 164 Å². The largest absolute Gasteiger partial charge is 0.493 e. The summed E-state index contributed by atoms with van der Waals surface area (Å²) in [5, 5.41) is 4.26. The Morgan fingerprint density at radius 3 is 1.22 bits per heavy atom. The van der Waals surface area contributed by atoms with Gasteiger partial charge in [0, 0.05) is 21.9 Å². The predicted octanol–water partition coefficient (Wildman–Crippen LogP) is 12.0. The first-order valence-electron chi connectivity index (χ1n) is 17.9. The van der Waals surface area contributed by atoms with Crippen LogP contribution in [0.1, 0.15) is 5.56 Å². The number of ether oxygens (including phenoxy) is 3. The van der Waals surface area contributed by atoms with Gasteiger partial charge in [-0.05, 0) is 63.2 Å². The summed E-state index contributed by atoms with van der Waals surface area (Å²) in [5.74, 6) is 1.95. The normalized spacial score (nSPS) is 12.6. The summed E-state index contributed by atoms with van der Waals surface area (Å²) in [6, 6.07) is 59.7. The highest BCUT2D eigenvalue weighted by molar-refractivity contribution is 7.97. The standard InChI is InChI=1S/C48H38O3PS2/c1-49-40-27-32(28-41(50-2)46(40)51-3)31-52(39-17-11-6-12-18-39)42-29-44(37-23-19-35(20-24-37)33-13-7-4-8-14-33)53-47(42)48-43(52)30-45(54-48)38-25-21-36(22-26-38)34-15-9-5-10-16-34/h4-30H,31H2,1-3H3/q+1. The zero-order valence-corrected chi connectivity index (χ0v) is 32.8. The summed E-state index contributed by atoms with van der Waals surface area (Å²) in [4.78, 5) is 5.35. The van der Waals surface area contributed by atoms with Gasteiger partial charge in [-0.1, -0.05) is 127 Å². The monoisotopic (exact) mass is 757 g/mol. The van der Waals surface area contributed by atoms with Crippen LogP contribution >= 0.6 is 29.9 Å². The molecule has 0 spiro atoms. The van der Waals surface area contributed by atoms with Crippen LogP contribution in [0.25, 0.3) is 52.9 Å². The van der Waals surface area contributed by atoms with Crippen molar-refractivity contribution in [2.24, 2.45) is 0 Å². The minimum atomic E-state index is -2.23. The van der Waals surface area contributed by atoms with E-state index in [0.717, 1.165) is 11.7 Å². The van der Waals surface area contributed by atoms with Crippen LogP contribution < -0.4 is 30.1 Å². The van der Waals surface area contributed by atoms with Crippen LogP contribution in [0.4, 0.5) is 0 Å². The zero-order valence-electron chi connectivity index (χ0n) is 30.3. The number of hydrogen-bond acceptors (Lipinski definition) is 5. The Morgan fingerprint density at radius 1 is 0.426 bits per heavy atom. The van der Waals surface area contributed by atoms with Crippen molar-refractivity contribution in [3.05, 3.63) is 169 Å². The Morgan fingerprint density at radius 2 is 0.815 bits per heavy atom. The minimum Gasteiger partial charge on any atom is -0.493 e. The quantitative estimate of drug-likeness (QED) is 0.130. The first kappa shape index (κ1) is 34.3. The lowest BCUT2D eigenvalue weighted by atomic mass is 10.0. The molecule has 9 rings (SSSR count). The average Bonchev–Trinajstić information content (AvgIpc) is 3.94. The minimum absolute atomic E-state index is 0.609. The summed E-state index contributed by atoms with van der Waals surface area (Å²) in [6.45, 7) is 0. The third-order valence-corrected chi connectivity index (χ3v) is 17.6. The van der Waals surface area contributed by atoms with E-state index >= 15 is 0 Å². The van der Waals surface area contributed by atoms with Gasteiger partial charge in [0.15, 0.2) is 11.5 Å². The van der Waals surface area contributed by atoms with Crippen LogP contribution in [0.5, 0.6) is 17.2 Å². The Bertz CT molecular complexity index is 2410. The highest BCUT2D eigenvalue weighted by atomic mass is 32.1. The van der Waals surface area contributed by atoms with Crippen molar-refractivity contribution >= 4 is 45.8 Å². The number of benzene rings is 6. The second-order valence-corrected chi connectivity index (χ2v) is 18.9. The maximum atomic E-state index is 5.88. The summed E-state index contributed by atoms with van der Waals surface area (Å²) in [7, 11) is 2.81. The maximum Gasteiger partial charge on any atom is 0.203 e. The highest BCUT2D eigenvalue weighted by Gasteiger charge is 2.56. The lowest BCUT2D eigenvalue weighted by molar-refractivity contribution is 0.324. The fourth-order valence-electron chi connectivity index (χ4n) is 7.71. The molecule has 54 heavy (non-hydrogen) atoms. The Balaban J connectivity index is 1.22. The van der Waals surface area contributed by atoms with E-state index in [9.17, 15) is 0 Å². The zero-order chi connectivity index (χ0) is 36.6. The molecule has 1 aliphatic rings. The number of hydrogen-bond donors (Lipinski definition) is 0. The second kappa shape index (κ2) is 14.4. The van der Waals surface area contributed by atoms with Gasteiger partial charge in [-0.3, -0.25) is 0 Å². The maximum absolute atomic E-state index is 5.88. The van der Waals surface area contributed by atoms with E-state index in [1.165, 1.54) is 68.8 Å². The second-order valence-electron chi connectivity index (χ2n) is 13.4. The molecular weight excluding hydrogens is 720 g/mol. The molecule has 0 unspecified atom stereocenters. The van der Waals surface area contributed by atoms with E-state index in [-0.39, 0.29) is 0 Å². The molecule has 1 aliphatic heterocycles. The number of fused-ring (bicyclic) bond motifs is 3. The smallest absolute Gasteiger partial charge is 0.203 e. The number of rotatable bonds is 10. The molecule has 264 valence electrons. The SMILES string of the molecule is COc1cc(C[P+]2(c3ccccc3)c3cc(-c4ccc(-c5ccccc5)cc4)sc3-c3sc(-c4ccc(-c5ccccc5)cc4)cc32)cc(OC)c1OC. The molecule has 0 radical (unpaired) electrons. The summed E-state index contributed by atoms with van der Waals surface area (Å²) in [6.07, 6.45) is 0.819. The van der Waals surface area contributed by atoms with Gasteiger partial charge >= 0.3 is 0 Å². The van der Waals surface area contributed by atoms with Gasteiger partial charge in [-0.2, -0.15) is 0 Å². The van der Waals surface area contributed by atoms with E-state index in [4.69, 9.17) is 14.2 Å². The molecule has 2 aromatic heterocycles. The van der Waals surface area contributed by atoms with Crippen molar-refractivity contribution in [1.82, 2.24) is 0 Å². The molecule has 0 amide bonds. The molecule has 0 aliphatic carbocycles. The first-order chi connectivity index (χ1) is 26.6. The average molecular weight is 758 g/mol. The van der Waals surface area contributed by atoms with Gasteiger partial charge in [-0.25, -0.2) is 0 Å². The number of methoxy groups -OCH3 is 3. The Kier molecular flexibility index (Phi) is 9.16. The van der Waals surface area contributed by atoms with Crippen LogP contribution in [-0.2, 0) is 6.16 Å². The van der Waals surface area contributed by atoms with E-state index in [1.807, 2.05) is 22.7 Å². The third kappa shape index (κ3) is 5.94. The molecule has 0 N–H and O–H groups in total. The molecule has 6 heteroatoms. The van der Waals surface area contributed by atoms with E-state index in [1.54, 1.807) is 21.3 Å². The van der Waals surface area contributed by atoms with Crippen LogP contribution in [0.3, 0.4) is 0 Å². The van der Waals surface area contributed by atoms with Gasteiger partial charge in [0.1, 0.15) is 23.2 Å². The molecule has 0 atom stereocenters. The summed E-state index contributed by atoms with van der Waals surface area (Å²) >= 11 is 3.85. The van der Waals surface area contributed by atoms with Crippen molar-refractivity contribution in [3.63, 3.8) is 0 Å². The van der Waals surface area contributed by atoms with Gasteiger partial charge in [-0.15, -0.1) is 22.7 Å². The molecule has 8 aromatic rings. The summed E-state index contributed by atoms with van der Waals surface area (Å²) in [5.41, 5.74) is 8.53. The van der Waals surface area contributed by atoms with E-state index < -0.39 is 7.26 Å². The third-order valence-electron chi connectivity index (χ3n) is 10.3. The van der Waals surface area contributed by atoms with Crippen molar-refractivity contribution in [2.45, 2.75) is 6.16 Å².